The Kier molecular flexibility index (Phi) is 5.72. The van der Waals surface area contributed by atoms with Crippen molar-refractivity contribution in [2.75, 3.05) is 13.2 Å². The van der Waals surface area contributed by atoms with Crippen LogP contribution in [-0.4, -0.2) is 25.0 Å². The maximum absolute atomic E-state index is 14.5. The zero-order valence-corrected chi connectivity index (χ0v) is 16.0. The highest BCUT2D eigenvalue weighted by Gasteiger charge is 2.33. The third-order valence-corrected chi connectivity index (χ3v) is 4.07. The Bertz CT molecular complexity index is 856. The molecule has 0 radical (unpaired) electrons. The lowest BCUT2D eigenvalue weighted by atomic mass is 10.0. The van der Waals surface area contributed by atoms with Crippen LogP contribution < -0.4 is 14.2 Å². The molecule has 0 amide bonds. The molecule has 0 unspecified atom stereocenters. The Morgan fingerprint density at radius 3 is 2.54 bits per heavy atom. The van der Waals surface area contributed by atoms with Crippen molar-refractivity contribution < 1.29 is 32.5 Å². The van der Waals surface area contributed by atoms with Crippen LogP contribution in [0.25, 0.3) is 11.1 Å². The largest absolute Gasteiger partial charge is 0.488 e. The smallest absolute Gasteiger partial charge is 0.305 e. The van der Waals surface area contributed by atoms with E-state index >= 15 is 0 Å². The first-order valence-corrected chi connectivity index (χ1v) is 9.09. The van der Waals surface area contributed by atoms with Crippen molar-refractivity contribution in [2.24, 2.45) is 0 Å². The lowest BCUT2D eigenvalue weighted by Gasteiger charge is -2.17. The van der Waals surface area contributed by atoms with Crippen LogP contribution in [0.3, 0.4) is 0 Å². The normalized spacial score (nSPS) is 14.0. The van der Waals surface area contributed by atoms with Crippen LogP contribution in [-0.2, 0) is 9.53 Å². The molecule has 2 aromatic rings. The number of benzene rings is 2. The third-order valence-electron chi connectivity index (χ3n) is 4.07. The van der Waals surface area contributed by atoms with Gasteiger partial charge in [-0.15, -0.1) is 0 Å². The fourth-order valence-corrected chi connectivity index (χ4v) is 2.94. The van der Waals surface area contributed by atoms with Gasteiger partial charge < -0.3 is 18.9 Å². The van der Waals surface area contributed by atoms with Gasteiger partial charge in [-0.05, 0) is 37.1 Å². The predicted molar refractivity (Wildman–Crippen MR) is 98.5 cm³/mol. The summed E-state index contributed by atoms with van der Waals surface area (Å²) in [6, 6.07) is 7.55. The third kappa shape index (κ3) is 4.35. The number of rotatable bonds is 7. The second kappa shape index (κ2) is 8.04. The molecule has 2 aromatic carbocycles. The molecular weight excluding hydrogens is 370 g/mol. The maximum atomic E-state index is 14.5. The molecule has 0 spiro atoms. The van der Waals surface area contributed by atoms with Crippen LogP contribution >= 0.6 is 0 Å². The lowest BCUT2D eigenvalue weighted by molar-refractivity contribution is -0.143. The zero-order chi connectivity index (χ0) is 20.3. The molecule has 1 aliphatic heterocycles. The SMILES string of the molecule is CCOC(=O)CCCOc1c(F)cc(-c2cccc3c2OC(C)(C)O3)cc1F. The number of hydrogen-bond donors (Lipinski definition) is 0. The van der Waals surface area contributed by atoms with Crippen LogP contribution in [0.15, 0.2) is 30.3 Å². The minimum atomic E-state index is -0.850. The van der Waals surface area contributed by atoms with Crippen molar-refractivity contribution in [2.45, 2.75) is 39.4 Å². The van der Waals surface area contributed by atoms with E-state index in [2.05, 4.69) is 0 Å². The van der Waals surface area contributed by atoms with Gasteiger partial charge in [0.05, 0.1) is 13.2 Å². The number of esters is 1. The monoisotopic (exact) mass is 392 g/mol. The van der Waals surface area contributed by atoms with E-state index < -0.39 is 23.2 Å². The van der Waals surface area contributed by atoms with Crippen molar-refractivity contribution in [3.05, 3.63) is 42.0 Å². The highest BCUT2D eigenvalue weighted by Crippen LogP contribution is 2.46. The highest BCUT2D eigenvalue weighted by atomic mass is 19.1. The number of halogens is 2. The van der Waals surface area contributed by atoms with Crippen molar-refractivity contribution in [3.8, 4) is 28.4 Å². The summed E-state index contributed by atoms with van der Waals surface area (Å²) < 4.78 is 50.4. The van der Waals surface area contributed by atoms with Crippen LogP contribution in [0.5, 0.6) is 17.2 Å². The Labute approximate surface area is 162 Å². The van der Waals surface area contributed by atoms with E-state index in [4.69, 9.17) is 18.9 Å². The Morgan fingerprint density at radius 2 is 1.86 bits per heavy atom. The molecule has 7 heteroatoms. The highest BCUT2D eigenvalue weighted by molar-refractivity contribution is 5.75. The summed E-state index contributed by atoms with van der Waals surface area (Å²) in [4.78, 5) is 11.3. The topological polar surface area (TPSA) is 54.0 Å². The van der Waals surface area contributed by atoms with Crippen molar-refractivity contribution in [1.29, 1.82) is 0 Å². The van der Waals surface area contributed by atoms with Crippen LogP contribution in [0.2, 0.25) is 0 Å². The van der Waals surface area contributed by atoms with E-state index in [0.717, 1.165) is 0 Å². The fraction of sp³-hybridized carbons (Fsp3) is 0.381. The van der Waals surface area contributed by atoms with Crippen LogP contribution in [0.4, 0.5) is 8.78 Å². The summed E-state index contributed by atoms with van der Waals surface area (Å²) in [5.41, 5.74) is 0.835. The van der Waals surface area contributed by atoms with Gasteiger partial charge in [-0.1, -0.05) is 12.1 Å². The standard InChI is InChI=1S/C21H22F2O5/c1-4-25-18(24)9-6-10-26-20-15(22)11-13(12-16(20)23)14-7-5-8-17-19(14)28-21(2,3)27-17/h5,7-8,11-12H,4,6,9-10H2,1-3H3. The molecule has 0 aromatic heterocycles. The molecule has 3 rings (SSSR count). The molecule has 0 saturated carbocycles. The maximum Gasteiger partial charge on any atom is 0.305 e. The van der Waals surface area contributed by atoms with E-state index in [1.165, 1.54) is 12.1 Å². The average Bonchev–Trinajstić information content (AvgIpc) is 2.94. The van der Waals surface area contributed by atoms with Gasteiger partial charge in [-0.25, -0.2) is 8.78 Å². The van der Waals surface area contributed by atoms with Gasteiger partial charge in [0.25, 0.3) is 0 Å². The van der Waals surface area contributed by atoms with Gasteiger partial charge in [0.15, 0.2) is 28.9 Å². The van der Waals surface area contributed by atoms with E-state index in [1.54, 1.807) is 39.0 Å². The molecule has 5 nitrogen and oxygen atoms in total. The fourth-order valence-electron chi connectivity index (χ4n) is 2.94. The molecular formula is C21H22F2O5. The number of fused-ring (bicyclic) bond motifs is 1. The summed E-state index contributed by atoms with van der Waals surface area (Å²) in [5.74, 6) is -2.40. The van der Waals surface area contributed by atoms with Crippen molar-refractivity contribution >= 4 is 5.97 Å². The van der Waals surface area contributed by atoms with Crippen LogP contribution in [0, 0.1) is 11.6 Å². The first-order valence-electron chi connectivity index (χ1n) is 9.09. The zero-order valence-electron chi connectivity index (χ0n) is 16.0. The molecule has 28 heavy (non-hydrogen) atoms. The van der Waals surface area contributed by atoms with Gasteiger partial charge in [-0.2, -0.15) is 0 Å². The van der Waals surface area contributed by atoms with E-state index in [-0.39, 0.29) is 19.0 Å². The lowest BCUT2D eigenvalue weighted by Crippen LogP contribution is -2.29. The van der Waals surface area contributed by atoms with Gasteiger partial charge in [0, 0.05) is 25.8 Å². The van der Waals surface area contributed by atoms with Gasteiger partial charge in [0.2, 0.25) is 5.79 Å². The minimum absolute atomic E-state index is 0.00211. The van der Waals surface area contributed by atoms with E-state index in [9.17, 15) is 13.6 Å². The number of carbonyl (C=O) groups is 1. The first kappa shape index (κ1) is 19.9. The summed E-state index contributed by atoms with van der Waals surface area (Å²) in [5, 5.41) is 0. The average molecular weight is 392 g/mol. The predicted octanol–water partition coefficient (Wildman–Crippen LogP) is 4.86. The van der Waals surface area contributed by atoms with Gasteiger partial charge in [-0.3, -0.25) is 4.79 Å². The summed E-state index contributed by atoms with van der Waals surface area (Å²) in [7, 11) is 0. The van der Waals surface area contributed by atoms with E-state index in [1.807, 2.05) is 0 Å². The second-order valence-corrected chi connectivity index (χ2v) is 6.76. The van der Waals surface area contributed by atoms with Crippen molar-refractivity contribution in [1.82, 2.24) is 0 Å². The molecule has 1 heterocycles. The Hall–Kier alpha value is -2.83. The molecule has 0 bridgehead atoms. The summed E-state index contributed by atoms with van der Waals surface area (Å²) in [6.45, 7) is 5.51. The number of para-hydroxylation sites is 1. The molecule has 0 aliphatic carbocycles. The second-order valence-electron chi connectivity index (χ2n) is 6.76. The quantitative estimate of drug-likeness (QED) is 0.497. The molecule has 1 aliphatic rings. The number of hydrogen-bond acceptors (Lipinski definition) is 5. The van der Waals surface area contributed by atoms with Crippen LogP contribution in [0.1, 0.15) is 33.6 Å². The molecule has 150 valence electrons. The Balaban J connectivity index is 1.75. The molecule has 0 N–H and O–H groups in total. The molecule has 0 atom stereocenters. The first-order chi connectivity index (χ1) is 13.3. The number of carbonyl (C=O) groups excluding carboxylic acids is 1. The molecule has 0 saturated heterocycles. The van der Waals surface area contributed by atoms with Gasteiger partial charge in [0.1, 0.15) is 0 Å². The van der Waals surface area contributed by atoms with Crippen molar-refractivity contribution in [3.63, 3.8) is 0 Å². The van der Waals surface area contributed by atoms with E-state index in [0.29, 0.717) is 35.7 Å². The summed E-state index contributed by atoms with van der Waals surface area (Å²) in [6.07, 6.45) is 0.421. The number of ether oxygens (including phenoxy) is 4. The summed E-state index contributed by atoms with van der Waals surface area (Å²) >= 11 is 0. The minimum Gasteiger partial charge on any atom is -0.488 e. The Morgan fingerprint density at radius 1 is 1.14 bits per heavy atom. The molecule has 0 fully saturated rings. The van der Waals surface area contributed by atoms with Gasteiger partial charge >= 0.3 is 5.97 Å².